The van der Waals surface area contributed by atoms with E-state index in [1.165, 1.54) is 0 Å². The maximum absolute atomic E-state index is 10.6. The van der Waals surface area contributed by atoms with Crippen LogP contribution in [0.2, 0.25) is 0 Å². The van der Waals surface area contributed by atoms with Crippen LogP contribution in [0.5, 0.6) is 0 Å². The molecule has 4 heteroatoms. The summed E-state index contributed by atoms with van der Waals surface area (Å²) in [6.45, 7) is 0. The summed E-state index contributed by atoms with van der Waals surface area (Å²) in [5.41, 5.74) is 1.87. The van der Waals surface area contributed by atoms with Crippen LogP contribution in [-0.2, 0) is 18.3 Å². The van der Waals surface area contributed by atoms with Gasteiger partial charge in [0.05, 0.1) is 11.0 Å². The third-order valence-electron chi connectivity index (χ3n) is 2.41. The Morgan fingerprint density at radius 2 is 2.20 bits per heavy atom. The Bertz CT molecular complexity index is 531. The van der Waals surface area contributed by atoms with Crippen molar-refractivity contribution in [2.45, 2.75) is 6.42 Å². The minimum atomic E-state index is -0.803. The molecule has 0 saturated carbocycles. The third kappa shape index (κ3) is 1.90. The van der Waals surface area contributed by atoms with E-state index < -0.39 is 5.97 Å². The first kappa shape index (κ1) is 10.2. The molecule has 1 aromatic heterocycles. The molecule has 0 unspecified atom stereocenters. The first-order valence-corrected chi connectivity index (χ1v) is 5.33. The number of rotatable bonds is 2. The summed E-state index contributed by atoms with van der Waals surface area (Å²) in [5, 5.41) is 9.81. The normalized spacial score (nSPS) is 10.8. The Hall–Kier alpha value is -1.29. The number of aryl methyl sites for hydroxylation is 1. The van der Waals surface area contributed by atoms with Gasteiger partial charge >= 0.3 is 5.97 Å². The molecule has 0 aliphatic rings. The number of carbonyl (C=O) groups is 1. The second-order valence-corrected chi connectivity index (χ2v) is 4.30. The number of fused-ring (bicyclic) bond motifs is 1. The number of aliphatic carboxylic acids is 1. The fourth-order valence-corrected chi connectivity index (χ4v) is 2.06. The van der Waals surface area contributed by atoms with Gasteiger partial charge in [0.25, 0.3) is 0 Å². The highest BCUT2D eigenvalue weighted by Crippen LogP contribution is 2.23. The van der Waals surface area contributed by atoms with Crippen LogP contribution in [0.25, 0.3) is 10.9 Å². The van der Waals surface area contributed by atoms with E-state index in [2.05, 4.69) is 15.9 Å². The lowest BCUT2D eigenvalue weighted by atomic mass is 10.1. The molecule has 15 heavy (non-hydrogen) atoms. The standard InChI is InChI=1S/C11H10BrNO2/c1-13-9-4-7(5-11(14)15)2-3-8(9)6-10(13)12/h2-4,6H,5H2,1H3,(H,14,15). The van der Waals surface area contributed by atoms with Crippen LogP contribution in [0.1, 0.15) is 5.56 Å². The topological polar surface area (TPSA) is 42.2 Å². The number of hydrogen-bond donors (Lipinski definition) is 1. The SMILES string of the molecule is Cn1c(Br)cc2ccc(CC(=O)O)cc21. The highest BCUT2D eigenvalue weighted by atomic mass is 79.9. The van der Waals surface area contributed by atoms with E-state index in [4.69, 9.17) is 5.11 Å². The molecule has 1 heterocycles. The molecule has 0 spiro atoms. The van der Waals surface area contributed by atoms with Gasteiger partial charge in [0.2, 0.25) is 0 Å². The molecule has 0 amide bonds. The Morgan fingerprint density at radius 1 is 1.47 bits per heavy atom. The number of nitrogens with zero attached hydrogens (tertiary/aromatic N) is 1. The summed E-state index contributed by atoms with van der Waals surface area (Å²) in [5.74, 6) is -0.803. The summed E-state index contributed by atoms with van der Waals surface area (Å²) in [7, 11) is 1.94. The second kappa shape index (κ2) is 3.70. The molecule has 2 rings (SSSR count). The Kier molecular flexibility index (Phi) is 2.52. The van der Waals surface area contributed by atoms with Crippen molar-refractivity contribution in [2.75, 3.05) is 0 Å². The lowest BCUT2D eigenvalue weighted by Gasteiger charge is -2.00. The van der Waals surface area contributed by atoms with Crippen molar-refractivity contribution < 1.29 is 9.90 Å². The molecular formula is C11H10BrNO2. The average Bonchev–Trinajstić information content (AvgIpc) is 2.43. The summed E-state index contributed by atoms with van der Waals surface area (Å²) in [6, 6.07) is 7.72. The Morgan fingerprint density at radius 3 is 2.87 bits per heavy atom. The molecule has 0 radical (unpaired) electrons. The largest absolute Gasteiger partial charge is 0.481 e. The summed E-state index contributed by atoms with van der Waals surface area (Å²) >= 11 is 3.43. The van der Waals surface area contributed by atoms with Gasteiger partial charge in [-0.15, -0.1) is 0 Å². The number of carboxylic acids is 1. The van der Waals surface area contributed by atoms with E-state index in [0.29, 0.717) is 0 Å². The van der Waals surface area contributed by atoms with Crippen LogP contribution in [0.3, 0.4) is 0 Å². The second-order valence-electron chi connectivity index (χ2n) is 3.49. The van der Waals surface area contributed by atoms with E-state index >= 15 is 0 Å². The van der Waals surface area contributed by atoms with Crippen molar-refractivity contribution in [3.63, 3.8) is 0 Å². The van der Waals surface area contributed by atoms with Gasteiger partial charge in [-0.05, 0) is 33.6 Å². The van der Waals surface area contributed by atoms with Gasteiger partial charge in [-0.1, -0.05) is 12.1 Å². The Balaban J connectivity index is 2.54. The van der Waals surface area contributed by atoms with Crippen LogP contribution < -0.4 is 0 Å². The monoisotopic (exact) mass is 267 g/mol. The highest BCUT2D eigenvalue weighted by molar-refractivity contribution is 9.10. The fourth-order valence-electron chi connectivity index (χ4n) is 1.63. The van der Waals surface area contributed by atoms with Crippen molar-refractivity contribution >= 4 is 32.8 Å². The summed E-state index contributed by atoms with van der Waals surface area (Å²) in [4.78, 5) is 10.6. The molecule has 2 aromatic rings. The van der Waals surface area contributed by atoms with Crippen molar-refractivity contribution in [1.29, 1.82) is 0 Å². The maximum Gasteiger partial charge on any atom is 0.307 e. The van der Waals surface area contributed by atoms with Crippen LogP contribution in [0, 0.1) is 0 Å². The van der Waals surface area contributed by atoms with E-state index in [0.717, 1.165) is 21.1 Å². The molecule has 0 bridgehead atoms. The van der Waals surface area contributed by atoms with Crippen molar-refractivity contribution in [3.05, 3.63) is 34.4 Å². The quantitative estimate of drug-likeness (QED) is 0.909. The number of benzene rings is 1. The van der Waals surface area contributed by atoms with Gasteiger partial charge in [0.15, 0.2) is 0 Å². The molecular weight excluding hydrogens is 258 g/mol. The average molecular weight is 268 g/mol. The van der Waals surface area contributed by atoms with Gasteiger partial charge in [-0.3, -0.25) is 4.79 Å². The number of hydrogen-bond acceptors (Lipinski definition) is 1. The minimum Gasteiger partial charge on any atom is -0.481 e. The molecule has 1 N–H and O–H groups in total. The molecule has 78 valence electrons. The summed E-state index contributed by atoms with van der Waals surface area (Å²) in [6.07, 6.45) is 0.0682. The van der Waals surface area contributed by atoms with Crippen LogP contribution >= 0.6 is 15.9 Å². The molecule has 0 saturated heterocycles. The van der Waals surface area contributed by atoms with Gasteiger partial charge in [0, 0.05) is 18.0 Å². The van der Waals surface area contributed by atoms with E-state index in [1.54, 1.807) is 0 Å². The number of aromatic nitrogens is 1. The van der Waals surface area contributed by atoms with Crippen molar-refractivity contribution in [3.8, 4) is 0 Å². The number of halogens is 1. The smallest absolute Gasteiger partial charge is 0.307 e. The predicted molar refractivity (Wildman–Crippen MR) is 62.0 cm³/mol. The van der Waals surface area contributed by atoms with Crippen molar-refractivity contribution in [2.24, 2.45) is 7.05 Å². The molecule has 3 nitrogen and oxygen atoms in total. The van der Waals surface area contributed by atoms with Gasteiger partial charge < -0.3 is 9.67 Å². The predicted octanol–water partition coefficient (Wildman–Crippen LogP) is 2.57. The lowest BCUT2D eigenvalue weighted by molar-refractivity contribution is -0.136. The first-order valence-electron chi connectivity index (χ1n) is 4.53. The minimum absolute atomic E-state index is 0.0682. The van der Waals surface area contributed by atoms with Gasteiger partial charge in [-0.25, -0.2) is 0 Å². The zero-order valence-electron chi connectivity index (χ0n) is 8.20. The lowest BCUT2D eigenvalue weighted by Crippen LogP contribution is -2.00. The zero-order valence-corrected chi connectivity index (χ0v) is 9.78. The van der Waals surface area contributed by atoms with E-state index in [1.807, 2.05) is 35.9 Å². The Labute approximate surface area is 95.5 Å². The van der Waals surface area contributed by atoms with Gasteiger partial charge in [-0.2, -0.15) is 0 Å². The van der Waals surface area contributed by atoms with Crippen LogP contribution in [0.15, 0.2) is 28.9 Å². The van der Waals surface area contributed by atoms with Crippen LogP contribution in [0.4, 0.5) is 0 Å². The molecule has 0 fully saturated rings. The fraction of sp³-hybridized carbons (Fsp3) is 0.182. The van der Waals surface area contributed by atoms with Crippen molar-refractivity contribution in [1.82, 2.24) is 4.57 Å². The van der Waals surface area contributed by atoms with E-state index in [-0.39, 0.29) is 6.42 Å². The third-order valence-corrected chi connectivity index (χ3v) is 3.17. The number of carboxylic acid groups (broad SMARTS) is 1. The maximum atomic E-state index is 10.6. The molecule has 1 aromatic carbocycles. The molecule has 0 atom stereocenters. The van der Waals surface area contributed by atoms with Gasteiger partial charge in [0.1, 0.15) is 0 Å². The van der Waals surface area contributed by atoms with E-state index in [9.17, 15) is 4.79 Å². The van der Waals surface area contributed by atoms with Crippen LogP contribution in [-0.4, -0.2) is 15.6 Å². The molecule has 0 aliphatic heterocycles. The highest BCUT2D eigenvalue weighted by Gasteiger charge is 2.06. The molecule has 0 aliphatic carbocycles. The zero-order chi connectivity index (χ0) is 11.0. The first-order chi connectivity index (χ1) is 7.08. The summed E-state index contributed by atoms with van der Waals surface area (Å²) < 4.78 is 2.98.